The van der Waals surface area contributed by atoms with Gasteiger partial charge in [0.25, 0.3) is 12.3 Å². The van der Waals surface area contributed by atoms with E-state index in [1.807, 2.05) is 0 Å². The Morgan fingerprint density at radius 3 is 1.92 bits per heavy atom. The zero-order chi connectivity index (χ0) is 19.2. The number of nitrogens with zero attached hydrogens (tertiary/aromatic N) is 2. The van der Waals surface area contributed by atoms with Gasteiger partial charge in [-0.2, -0.15) is 8.78 Å². The molecular formula is C15H12F4N2O4. The molecule has 0 bridgehead atoms. The predicted molar refractivity (Wildman–Crippen MR) is 76.9 cm³/mol. The van der Waals surface area contributed by atoms with E-state index in [1.54, 1.807) is 0 Å². The molecule has 6 nitrogen and oxygen atoms in total. The van der Waals surface area contributed by atoms with Gasteiger partial charge in [-0.3, -0.25) is 9.97 Å². The van der Waals surface area contributed by atoms with Gasteiger partial charge in [0.2, 0.25) is 0 Å². The summed E-state index contributed by atoms with van der Waals surface area (Å²) in [6, 6.07) is 4.04. The molecule has 2 aromatic rings. The van der Waals surface area contributed by atoms with E-state index in [2.05, 4.69) is 9.97 Å². The number of carboxylic acid groups (broad SMARTS) is 2. The van der Waals surface area contributed by atoms with Gasteiger partial charge in [0.15, 0.2) is 0 Å². The Labute approximate surface area is 138 Å². The van der Waals surface area contributed by atoms with Crippen LogP contribution in [0.1, 0.15) is 45.5 Å². The second-order valence-electron chi connectivity index (χ2n) is 4.70. The molecule has 0 saturated carbocycles. The van der Waals surface area contributed by atoms with Gasteiger partial charge in [-0.1, -0.05) is 0 Å². The molecule has 0 aliphatic carbocycles. The van der Waals surface area contributed by atoms with Gasteiger partial charge in [-0.15, -0.1) is 0 Å². The van der Waals surface area contributed by atoms with Gasteiger partial charge in [0.05, 0.1) is 11.1 Å². The highest BCUT2D eigenvalue weighted by atomic mass is 19.3. The maximum Gasteiger partial charge on any atom is 0.335 e. The number of rotatable bonds is 4. The number of aromatic carboxylic acids is 2. The smallest absolute Gasteiger partial charge is 0.335 e. The zero-order valence-electron chi connectivity index (χ0n) is 12.7. The van der Waals surface area contributed by atoms with Crippen molar-refractivity contribution in [3.63, 3.8) is 0 Å². The summed E-state index contributed by atoms with van der Waals surface area (Å²) in [4.78, 5) is 27.4. The van der Waals surface area contributed by atoms with Gasteiger partial charge in [-0.25, -0.2) is 18.4 Å². The molecule has 0 amide bonds. The third-order valence-electron chi connectivity index (χ3n) is 2.71. The van der Waals surface area contributed by atoms with Crippen molar-refractivity contribution < 1.29 is 37.4 Å². The van der Waals surface area contributed by atoms with Gasteiger partial charge in [-0.05, 0) is 24.3 Å². The van der Waals surface area contributed by atoms with Crippen molar-refractivity contribution in [2.75, 3.05) is 0 Å². The van der Waals surface area contributed by atoms with Crippen LogP contribution in [0.2, 0.25) is 0 Å². The van der Waals surface area contributed by atoms with Crippen LogP contribution in [0.5, 0.6) is 0 Å². The Morgan fingerprint density at radius 1 is 1.00 bits per heavy atom. The normalized spacial score (nSPS) is 10.8. The van der Waals surface area contributed by atoms with Crippen LogP contribution in [0.25, 0.3) is 0 Å². The van der Waals surface area contributed by atoms with Crippen LogP contribution in [0.15, 0.2) is 36.7 Å². The number of aromatic nitrogens is 2. The Bertz CT molecular complexity index is 763. The summed E-state index contributed by atoms with van der Waals surface area (Å²) in [6.07, 6.45) is -0.634. The van der Waals surface area contributed by atoms with Crippen LogP contribution in [-0.4, -0.2) is 32.1 Å². The highest BCUT2D eigenvalue weighted by Gasteiger charge is 2.26. The molecule has 2 aromatic heterocycles. The lowest BCUT2D eigenvalue weighted by Gasteiger charge is -2.08. The van der Waals surface area contributed by atoms with E-state index in [0.29, 0.717) is 6.92 Å². The Balaban J connectivity index is 0.000000251. The van der Waals surface area contributed by atoms with Crippen LogP contribution in [-0.2, 0) is 5.92 Å². The summed E-state index contributed by atoms with van der Waals surface area (Å²) in [5.74, 6) is -5.59. The summed E-state index contributed by atoms with van der Waals surface area (Å²) < 4.78 is 49.2. The monoisotopic (exact) mass is 360 g/mol. The summed E-state index contributed by atoms with van der Waals surface area (Å²) in [7, 11) is 0. The molecule has 0 atom stereocenters. The van der Waals surface area contributed by atoms with Crippen LogP contribution >= 0.6 is 0 Å². The first-order valence-electron chi connectivity index (χ1n) is 6.57. The molecular weight excluding hydrogens is 348 g/mol. The maximum absolute atomic E-state index is 12.6. The molecule has 0 aliphatic rings. The molecule has 0 unspecified atom stereocenters. The molecule has 25 heavy (non-hydrogen) atoms. The van der Waals surface area contributed by atoms with E-state index in [-0.39, 0.29) is 11.1 Å². The molecule has 2 rings (SSSR count). The molecule has 10 heteroatoms. The van der Waals surface area contributed by atoms with Crippen molar-refractivity contribution in [2.24, 2.45) is 0 Å². The Kier molecular flexibility index (Phi) is 6.54. The van der Waals surface area contributed by atoms with Crippen molar-refractivity contribution in [2.45, 2.75) is 19.3 Å². The minimum atomic E-state index is -3.11. The average molecular weight is 360 g/mol. The number of pyridine rings is 2. The molecule has 0 aromatic carbocycles. The number of halogens is 4. The fourth-order valence-corrected chi connectivity index (χ4v) is 1.50. The predicted octanol–water partition coefficient (Wildman–Crippen LogP) is 3.61. The third kappa shape index (κ3) is 6.16. The van der Waals surface area contributed by atoms with Crippen molar-refractivity contribution in [1.29, 1.82) is 0 Å². The first-order chi connectivity index (χ1) is 11.5. The van der Waals surface area contributed by atoms with Crippen LogP contribution in [0.4, 0.5) is 17.6 Å². The van der Waals surface area contributed by atoms with Crippen LogP contribution in [0.3, 0.4) is 0 Å². The largest absolute Gasteiger partial charge is 0.478 e. The summed E-state index contributed by atoms with van der Waals surface area (Å²) in [6.45, 7) is 0.668. The van der Waals surface area contributed by atoms with Gasteiger partial charge in [0.1, 0.15) is 11.4 Å². The number of carboxylic acids is 2. The van der Waals surface area contributed by atoms with Crippen molar-refractivity contribution in [3.05, 3.63) is 59.2 Å². The summed E-state index contributed by atoms with van der Waals surface area (Å²) in [5.41, 5.74) is -1.42. The summed E-state index contributed by atoms with van der Waals surface area (Å²) >= 11 is 0. The van der Waals surface area contributed by atoms with E-state index >= 15 is 0 Å². The van der Waals surface area contributed by atoms with Crippen molar-refractivity contribution in [1.82, 2.24) is 9.97 Å². The van der Waals surface area contributed by atoms with Crippen molar-refractivity contribution >= 4 is 11.9 Å². The van der Waals surface area contributed by atoms with Gasteiger partial charge in [0, 0.05) is 19.3 Å². The van der Waals surface area contributed by atoms with E-state index in [0.717, 1.165) is 36.7 Å². The fourth-order valence-electron chi connectivity index (χ4n) is 1.50. The maximum atomic E-state index is 12.6. The van der Waals surface area contributed by atoms with Crippen molar-refractivity contribution in [3.8, 4) is 0 Å². The molecule has 0 saturated heterocycles. The SMILES string of the molecule is CC(F)(F)c1cc(C(=O)O)ccn1.O=C(O)c1ccnc(C(F)F)c1. The molecule has 0 radical (unpaired) electrons. The Morgan fingerprint density at radius 2 is 1.48 bits per heavy atom. The second kappa shape index (κ2) is 8.18. The minimum absolute atomic E-state index is 0.180. The number of hydrogen-bond acceptors (Lipinski definition) is 4. The lowest BCUT2D eigenvalue weighted by atomic mass is 10.2. The standard InChI is InChI=1S/C8H7F2NO2.C7H5F2NO2/c1-8(9,10)6-4-5(7(12)13)2-3-11-6;8-6(9)5-3-4(7(11)12)1-2-10-5/h2-4H,1H3,(H,12,13);1-3,6H,(H,11,12). The number of hydrogen-bond donors (Lipinski definition) is 2. The average Bonchev–Trinajstić information content (AvgIpc) is 2.55. The lowest BCUT2D eigenvalue weighted by Crippen LogP contribution is -2.11. The van der Waals surface area contributed by atoms with Gasteiger partial charge < -0.3 is 10.2 Å². The molecule has 0 fully saturated rings. The minimum Gasteiger partial charge on any atom is -0.478 e. The first kappa shape index (κ1) is 20.0. The third-order valence-corrected chi connectivity index (χ3v) is 2.71. The molecule has 134 valence electrons. The Hall–Kier alpha value is -3.04. The van der Waals surface area contributed by atoms with E-state index in [4.69, 9.17) is 10.2 Å². The van der Waals surface area contributed by atoms with E-state index < -0.39 is 35.7 Å². The van der Waals surface area contributed by atoms with E-state index in [1.165, 1.54) is 0 Å². The molecule has 2 N–H and O–H groups in total. The lowest BCUT2D eigenvalue weighted by molar-refractivity contribution is 0.0126. The molecule has 2 heterocycles. The van der Waals surface area contributed by atoms with Crippen LogP contribution < -0.4 is 0 Å². The number of alkyl halides is 4. The quantitative estimate of drug-likeness (QED) is 0.808. The van der Waals surface area contributed by atoms with Crippen LogP contribution in [0, 0.1) is 0 Å². The second-order valence-corrected chi connectivity index (χ2v) is 4.70. The molecule has 0 spiro atoms. The highest BCUT2D eigenvalue weighted by molar-refractivity contribution is 5.87. The fraction of sp³-hybridized carbons (Fsp3) is 0.200. The van der Waals surface area contributed by atoms with Gasteiger partial charge >= 0.3 is 11.9 Å². The van der Waals surface area contributed by atoms with E-state index in [9.17, 15) is 27.2 Å². The number of carbonyl (C=O) groups is 2. The first-order valence-corrected chi connectivity index (χ1v) is 6.57. The zero-order valence-corrected chi connectivity index (χ0v) is 12.7. The summed E-state index contributed by atoms with van der Waals surface area (Å²) in [5, 5.41) is 16.9. The highest BCUT2D eigenvalue weighted by Crippen LogP contribution is 2.25. The topological polar surface area (TPSA) is 100 Å². The molecule has 0 aliphatic heterocycles.